The van der Waals surface area contributed by atoms with Gasteiger partial charge in [-0.1, -0.05) is 66.7 Å². The molecule has 5 aromatic rings. The Bertz CT molecular complexity index is 1680. The Morgan fingerprint density at radius 2 is 0.953 bits per heavy atom. The number of rotatable bonds is 9. The molecule has 0 radical (unpaired) electrons. The van der Waals surface area contributed by atoms with Crippen molar-refractivity contribution < 1.29 is 30.3 Å². The Morgan fingerprint density at radius 3 is 1.35 bits per heavy atom. The molecule has 4 N–H and O–H groups in total. The number of nitro benzene ring substituents is 2. The molecule has 0 aliphatic heterocycles. The molecular weight excluding hydrogens is 552 g/mol. The first-order valence-electron chi connectivity index (χ1n) is 13.2. The Kier molecular flexibility index (Phi) is 7.68. The lowest BCUT2D eigenvalue weighted by atomic mass is 9.63. The molecule has 0 unspecified atom stereocenters. The Hall–Kier alpha value is -5.90. The first-order valence-corrected chi connectivity index (χ1v) is 13.2. The van der Waals surface area contributed by atoms with Crippen LogP contribution >= 0.6 is 0 Å². The van der Waals surface area contributed by atoms with E-state index >= 15 is 0 Å². The maximum atomic E-state index is 11.8. The predicted molar refractivity (Wildman–Crippen MR) is 159 cm³/mol. The second-order valence-electron chi connectivity index (χ2n) is 10.1. The van der Waals surface area contributed by atoms with E-state index in [9.17, 15) is 40.7 Å². The number of phenols is 4. The summed E-state index contributed by atoms with van der Waals surface area (Å²) in [5.74, 6) is -1.75. The number of hydrogen-bond acceptors (Lipinski definition) is 8. The van der Waals surface area contributed by atoms with Gasteiger partial charge in [0.15, 0.2) is 11.5 Å². The van der Waals surface area contributed by atoms with Crippen LogP contribution in [0.1, 0.15) is 40.2 Å². The van der Waals surface area contributed by atoms with Gasteiger partial charge in [-0.05, 0) is 70.6 Å². The zero-order valence-electron chi connectivity index (χ0n) is 22.6. The van der Waals surface area contributed by atoms with E-state index in [4.69, 9.17) is 0 Å². The van der Waals surface area contributed by atoms with E-state index in [1.165, 1.54) is 36.4 Å². The molecular formula is C33H26N2O8. The van der Waals surface area contributed by atoms with Crippen LogP contribution in [-0.4, -0.2) is 30.3 Å². The zero-order chi connectivity index (χ0) is 30.7. The van der Waals surface area contributed by atoms with Crippen LogP contribution in [0.5, 0.6) is 23.0 Å². The zero-order valence-corrected chi connectivity index (χ0v) is 22.6. The van der Waals surface area contributed by atoms with Crippen molar-refractivity contribution in [2.24, 2.45) is 0 Å². The van der Waals surface area contributed by atoms with E-state index in [1.807, 2.05) is 30.3 Å². The molecule has 0 saturated heterocycles. The minimum Gasteiger partial charge on any atom is -0.508 e. The first-order chi connectivity index (χ1) is 20.6. The highest BCUT2D eigenvalue weighted by Crippen LogP contribution is 2.50. The van der Waals surface area contributed by atoms with Gasteiger partial charge in [0.1, 0.15) is 11.5 Å². The predicted octanol–water partition coefficient (Wildman–Crippen LogP) is 6.88. The van der Waals surface area contributed by atoms with Gasteiger partial charge in [0.2, 0.25) is 0 Å². The molecule has 0 fully saturated rings. The highest BCUT2D eigenvalue weighted by molar-refractivity contribution is 5.57. The van der Waals surface area contributed by atoms with Crippen LogP contribution in [0.3, 0.4) is 0 Å². The maximum absolute atomic E-state index is 11.8. The Balaban J connectivity index is 1.85. The lowest BCUT2D eigenvalue weighted by Gasteiger charge is -2.39. The van der Waals surface area contributed by atoms with Crippen LogP contribution < -0.4 is 0 Å². The fourth-order valence-electron chi connectivity index (χ4n) is 5.61. The maximum Gasteiger partial charge on any atom is 0.310 e. The average molecular weight is 579 g/mol. The fraction of sp³-hybridized carbons (Fsp3) is 0.0909. The van der Waals surface area contributed by atoms with Gasteiger partial charge in [-0.15, -0.1) is 0 Å². The van der Waals surface area contributed by atoms with Crippen molar-refractivity contribution in [1.82, 2.24) is 0 Å². The van der Waals surface area contributed by atoms with Crippen LogP contribution in [0.15, 0.2) is 115 Å². The average Bonchev–Trinajstić information content (AvgIpc) is 3.00. The molecule has 0 saturated carbocycles. The molecule has 0 bridgehead atoms. The van der Waals surface area contributed by atoms with E-state index in [-0.39, 0.29) is 17.9 Å². The van der Waals surface area contributed by atoms with Gasteiger partial charge in [-0.3, -0.25) is 20.2 Å². The van der Waals surface area contributed by atoms with E-state index in [2.05, 4.69) is 0 Å². The molecule has 10 heteroatoms. The highest BCUT2D eigenvalue weighted by Gasteiger charge is 2.40. The number of hydrogen-bond donors (Lipinski definition) is 4. The summed E-state index contributed by atoms with van der Waals surface area (Å²) in [6, 6.07) is 30.5. The molecule has 0 heterocycles. The molecule has 10 nitrogen and oxygen atoms in total. The third-order valence-electron chi connectivity index (χ3n) is 7.69. The summed E-state index contributed by atoms with van der Waals surface area (Å²) >= 11 is 0. The second-order valence-corrected chi connectivity index (χ2v) is 10.1. The van der Waals surface area contributed by atoms with Crippen LogP contribution in [-0.2, 0) is 5.41 Å². The summed E-state index contributed by atoms with van der Waals surface area (Å²) in [5.41, 5.74) is 0.947. The third kappa shape index (κ3) is 5.53. The fourth-order valence-corrected chi connectivity index (χ4v) is 5.61. The normalized spacial score (nSPS) is 11.4. The lowest BCUT2D eigenvalue weighted by molar-refractivity contribution is -0.386. The molecule has 0 aromatic heterocycles. The number of benzene rings is 5. The van der Waals surface area contributed by atoms with Crippen molar-refractivity contribution in [3.05, 3.63) is 163 Å². The van der Waals surface area contributed by atoms with Crippen molar-refractivity contribution >= 4 is 11.4 Å². The van der Waals surface area contributed by atoms with Crippen molar-refractivity contribution in [1.29, 1.82) is 0 Å². The van der Waals surface area contributed by atoms with Gasteiger partial charge in [0, 0.05) is 23.5 Å². The van der Waals surface area contributed by atoms with Crippen LogP contribution in [0.4, 0.5) is 11.4 Å². The summed E-state index contributed by atoms with van der Waals surface area (Å²) < 4.78 is 0. The van der Waals surface area contributed by atoms with Gasteiger partial charge in [-0.25, -0.2) is 0 Å². The smallest absolute Gasteiger partial charge is 0.310 e. The van der Waals surface area contributed by atoms with Crippen molar-refractivity contribution in [3.63, 3.8) is 0 Å². The summed E-state index contributed by atoms with van der Waals surface area (Å²) in [6.07, 6.45) is 0.149. The third-order valence-corrected chi connectivity index (χ3v) is 7.69. The molecule has 43 heavy (non-hydrogen) atoms. The topological polar surface area (TPSA) is 167 Å². The summed E-state index contributed by atoms with van der Waals surface area (Å²) in [7, 11) is 0. The monoisotopic (exact) mass is 578 g/mol. The van der Waals surface area contributed by atoms with Crippen LogP contribution in [0.2, 0.25) is 0 Å². The molecule has 0 atom stereocenters. The largest absolute Gasteiger partial charge is 0.508 e. The van der Waals surface area contributed by atoms with Gasteiger partial charge in [-0.2, -0.15) is 0 Å². The van der Waals surface area contributed by atoms with Gasteiger partial charge < -0.3 is 20.4 Å². The number of nitrogens with zero attached hydrogens (tertiary/aromatic N) is 2. The summed E-state index contributed by atoms with van der Waals surface area (Å²) in [4.78, 5) is 22.2. The van der Waals surface area contributed by atoms with Gasteiger partial charge in [0.05, 0.1) is 9.85 Å². The lowest BCUT2D eigenvalue weighted by Crippen LogP contribution is -2.32. The highest BCUT2D eigenvalue weighted by atomic mass is 16.6. The molecule has 0 amide bonds. The van der Waals surface area contributed by atoms with Gasteiger partial charge in [0.25, 0.3) is 0 Å². The van der Waals surface area contributed by atoms with E-state index < -0.39 is 44.1 Å². The molecule has 0 spiro atoms. The molecule has 216 valence electrons. The summed E-state index contributed by atoms with van der Waals surface area (Å²) in [6.45, 7) is 0. The van der Waals surface area contributed by atoms with Crippen molar-refractivity contribution in [3.8, 4) is 23.0 Å². The number of phenolic OH excluding ortho intramolecular Hbond substituents is 4. The Morgan fingerprint density at radius 1 is 0.558 bits per heavy atom. The Labute approximate surface area is 245 Å². The van der Waals surface area contributed by atoms with Crippen LogP contribution in [0, 0.1) is 20.2 Å². The van der Waals surface area contributed by atoms with E-state index in [0.717, 1.165) is 16.7 Å². The second kappa shape index (κ2) is 11.5. The summed E-state index contributed by atoms with van der Waals surface area (Å²) in [5, 5.41) is 64.4. The minimum atomic E-state index is -1.04. The standard InChI is InChI=1S/C33H26N2O8/c36-26-12-8-24(9-13-26)33(23-4-2-1-3-5-23,25-10-14-27(37)15-11-25)20-28(21-6-16-31(38)29(18-21)34(40)41)22-7-17-32(39)30(19-22)35(42)43/h1-19,28,36-39H,20H2. The van der Waals surface area contributed by atoms with Crippen molar-refractivity contribution in [2.45, 2.75) is 17.8 Å². The quantitative estimate of drug-likeness (QED) is 0.0834. The number of aromatic hydroxyl groups is 4. The molecule has 0 aliphatic rings. The minimum absolute atomic E-state index is 0.0382. The number of nitro groups is 2. The van der Waals surface area contributed by atoms with E-state index in [0.29, 0.717) is 11.1 Å². The van der Waals surface area contributed by atoms with Crippen molar-refractivity contribution in [2.75, 3.05) is 0 Å². The van der Waals surface area contributed by atoms with Crippen LogP contribution in [0.25, 0.3) is 0 Å². The molecule has 5 rings (SSSR count). The SMILES string of the molecule is O=[N+]([O-])c1cc(C(CC(c2ccccc2)(c2ccc(O)cc2)c2ccc(O)cc2)c2ccc(O)c([N+](=O)[O-])c2)ccc1O. The van der Waals surface area contributed by atoms with Gasteiger partial charge >= 0.3 is 11.4 Å². The first kappa shape index (κ1) is 28.6. The molecule has 0 aliphatic carbocycles. The molecule has 5 aromatic carbocycles. The van der Waals surface area contributed by atoms with E-state index in [1.54, 1.807) is 48.5 Å².